The summed E-state index contributed by atoms with van der Waals surface area (Å²) in [5.41, 5.74) is 5.93. The molecule has 0 spiro atoms. The Morgan fingerprint density at radius 1 is 0.793 bits per heavy atom. The van der Waals surface area contributed by atoms with E-state index in [0.29, 0.717) is 6.42 Å². The fraction of sp³-hybridized carbons (Fsp3) is 0.240. The number of piperazine rings is 1. The van der Waals surface area contributed by atoms with Crippen LogP contribution in [0.25, 0.3) is 11.1 Å². The molecular formula is C25H24N2O2. The summed E-state index contributed by atoms with van der Waals surface area (Å²) in [5, 5.41) is 0. The average molecular weight is 384 g/mol. The molecule has 4 heteroatoms. The normalized spacial score (nSPS) is 16.6. The fourth-order valence-electron chi connectivity index (χ4n) is 4.27. The number of nitrogens with zero attached hydrogens (tertiary/aromatic N) is 2. The van der Waals surface area contributed by atoms with Crippen LogP contribution in [0.2, 0.25) is 0 Å². The molecule has 0 amide bonds. The molecule has 1 fully saturated rings. The Labute approximate surface area is 171 Å². The Hall–Kier alpha value is -3.11. The summed E-state index contributed by atoms with van der Waals surface area (Å²) < 4.78 is 5.47. The number of hydrogen-bond donors (Lipinski definition) is 0. The Balaban J connectivity index is 1.25. The van der Waals surface area contributed by atoms with Gasteiger partial charge in [-0.3, -0.25) is 9.69 Å². The van der Waals surface area contributed by atoms with E-state index in [9.17, 15) is 4.79 Å². The Kier molecular flexibility index (Phi) is 4.78. The standard InChI is InChI=1S/C25H24N2O2/c28-24-17-22-10-5-11-23(25(22)29-24)27-14-12-26(13-15-27)18-19-6-4-9-21(16-19)20-7-2-1-3-8-20/h1-11,16H,12-15,17-18H2. The molecule has 2 aliphatic rings. The molecule has 146 valence electrons. The van der Waals surface area contributed by atoms with Crippen LogP contribution in [0, 0.1) is 0 Å². The first-order valence-corrected chi connectivity index (χ1v) is 10.2. The third kappa shape index (κ3) is 3.76. The smallest absolute Gasteiger partial charge is 0.315 e. The molecule has 0 N–H and O–H groups in total. The maximum atomic E-state index is 11.7. The van der Waals surface area contributed by atoms with Gasteiger partial charge in [-0.15, -0.1) is 0 Å². The number of hydrogen-bond acceptors (Lipinski definition) is 4. The van der Waals surface area contributed by atoms with E-state index in [4.69, 9.17) is 4.74 Å². The van der Waals surface area contributed by atoms with E-state index in [-0.39, 0.29) is 5.97 Å². The van der Waals surface area contributed by atoms with Crippen LogP contribution in [0.1, 0.15) is 11.1 Å². The van der Waals surface area contributed by atoms with Crippen molar-refractivity contribution in [3.8, 4) is 16.9 Å². The van der Waals surface area contributed by atoms with Gasteiger partial charge in [-0.25, -0.2) is 0 Å². The predicted molar refractivity (Wildman–Crippen MR) is 115 cm³/mol. The first kappa shape index (κ1) is 18.0. The highest BCUT2D eigenvalue weighted by atomic mass is 16.5. The lowest BCUT2D eigenvalue weighted by Crippen LogP contribution is -2.46. The number of fused-ring (bicyclic) bond motifs is 1. The van der Waals surface area contributed by atoms with Gasteiger partial charge in [0.1, 0.15) is 0 Å². The van der Waals surface area contributed by atoms with Crippen molar-refractivity contribution in [3.63, 3.8) is 0 Å². The van der Waals surface area contributed by atoms with Crippen LogP contribution in [-0.2, 0) is 17.8 Å². The van der Waals surface area contributed by atoms with Crippen LogP contribution in [0.3, 0.4) is 0 Å². The molecule has 3 aromatic carbocycles. The number of carbonyl (C=O) groups excluding carboxylic acids is 1. The van der Waals surface area contributed by atoms with E-state index < -0.39 is 0 Å². The lowest BCUT2D eigenvalue weighted by atomic mass is 10.0. The van der Waals surface area contributed by atoms with E-state index in [1.54, 1.807) is 0 Å². The lowest BCUT2D eigenvalue weighted by Gasteiger charge is -2.36. The third-order valence-corrected chi connectivity index (χ3v) is 5.78. The zero-order valence-electron chi connectivity index (χ0n) is 16.4. The number of rotatable bonds is 4. The molecule has 0 saturated carbocycles. The topological polar surface area (TPSA) is 32.8 Å². The molecule has 0 aliphatic carbocycles. The van der Waals surface area contributed by atoms with Crippen molar-refractivity contribution in [1.82, 2.24) is 4.90 Å². The SMILES string of the molecule is O=C1Cc2cccc(N3CCN(Cc4cccc(-c5ccccc5)c4)CC3)c2O1. The number of carbonyl (C=O) groups is 1. The van der Waals surface area contributed by atoms with Crippen molar-refractivity contribution in [2.24, 2.45) is 0 Å². The molecular weight excluding hydrogens is 360 g/mol. The summed E-state index contributed by atoms with van der Waals surface area (Å²) in [6.45, 7) is 4.81. The third-order valence-electron chi connectivity index (χ3n) is 5.78. The second-order valence-electron chi connectivity index (χ2n) is 7.75. The van der Waals surface area contributed by atoms with Crippen molar-refractivity contribution >= 4 is 11.7 Å². The van der Waals surface area contributed by atoms with Gasteiger partial charge in [0.05, 0.1) is 12.1 Å². The maximum absolute atomic E-state index is 11.7. The molecule has 0 radical (unpaired) electrons. The minimum atomic E-state index is -0.149. The van der Waals surface area contributed by atoms with E-state index in [2.05, 4.69) is 70.5 Å². The van der Waals surface area contributed by atoms with Crippen molar-refractivity contribution in [2.75, 3.05) is 31.1 Å². The van der Waals surface area contributed by atoms with Gasteiger partial charge in [0.15, 0.2) is 5.75 Å². The largest absolute Gasteiger partial charge is 0.424 e. The quantitative estimate of drug-likeness (QED) is 0.500. The number of esters is 1. The van der Waals surface area contributed by atoms with Crippen LogP contribution in [0.15, 0.2) is 72.8 Å². The highest BCUT2D eigenvalue weighted by Gasteiger charge is 2.27. The number of anilines is 1. The first-order chi connectivity index (χ1) is 14.3. The highest BCUT2D eigenvalue weighted by Crippen LogP contribution is 2.37. The van der Waals surface area contributed by atoms with E-state index in [1.165, 1.54) is 16.7 Å². The molecule has 1 saturated heterocycles. The van der Waals surface area contributed by atoms with Gasteiger partial charge in [-0.05, 0) is 28.8 Å². The minimum absolute atomic E-state index is 0.149. The van der Waals surface area contributed by atoms with Crippen molar-refractivity contribution in [1.29, 1.82) is 0 Å². The Morgan fingerprint density at radius 3 is 2.38 bits per heavy atom. The van der Waals surface area contributed by atoms with Gasteiger partial charge in [0, 0.05) is 38.3 Å². The van der Waals surface area contributed by atoms with E-state index in [1.807, 2.05) is 12.1 Å². The van der Waals surface area contributed by atoms with E-state index in [0.717, 1.165) is 49.7 Å². The zero-order valence-corrected chi connectivity index (χ0v) is 16.4. The average Bonchev–Trinajstić information content (AvgIpc) is 3.15. The number of benzene rings is 3. The molecule has 5 rings (SSSR count). The van der Waals surface area contributed by atoms with Crippen LogP contribution in [0.4, 0.5) is 5.69 Å². The molecule has 0 bridgehead atoms. The van der Waals surface area contributed by atoms with Crippen LogP contribution >= 0.6 is 0 Å². The Bertz CT molecular complexity index is 1020. The highest BCUT2D eigenvalue weighted by molar-refractivity contribution is 5.85. The van der Waals surface area contributed by atoms with Gasteiger partial charge >= 0.3 is 5.97 Å². The molecule has 0 aromatic heterocycles. The van der Waals surface area contributed by atoms with Gasteiger partial charge in [0.25, 0.3) is 0 Å². The summed E-state index contributed by atoms with van der Waals surface area (Å²) in [4.78, 5) is 16.5. The van der Waals surface area contributed by atoms with Gasteiger partial charge in [-0.1, -0.05) is 60.7 Å². The molecule has 4 nitrogen and oxygen atoms in total. The number of ether oxygens (including phenoxy) is 1. The van der Waals surface area contributed by atoms with Crippen LogP contribution in [-0.4, -0.2) is 37.0 Å². The molecule has 3 aromatic rings. The van der Waals surface area contributed by atoms with Gasteiger partial charge in [-0.2, -0.15) is 0 Å². The zero-order chi connectivity index (χ0) is 19.6. The molecule has 29 heavy (non-hydrogen) atoms. The van der Waals surface area contributed by atoms with Gasteiger partial charge < -0.3 is 9.64 Å². The lowest BCUT2D eigenvalue weighted by molar-refractivity contribution is -0.131. The Morgan fingerprint density at radius 2 is 1.55 bits per heavy atom. The van der Waals surface area contributed by atoms with E-state index >= 15 is 0 Å². The minimum Gasteiger partial charge on any atom is -0.424 e. The van der Waals surface area contributed by atoms with Crippen molar-refractivity contribution < 1.29 is 9.53 Å². The summed E-state index contributed by atoms with van der Waals surface area (Å²) in [7, 11) is 0. The molecule has 0 unspecified atom stereocenters. The summed E-state index contributed by atoms with van der Waals surface area (Å²) >= 11 is 0. The summed E-state index contributed by atoms with van der Waals surface area (Å²) in [5.74, 6) is 0.617. The summed E-state index contributed by atoms with van der Waals surface area (Å²) in [6, 6.07) is 25.4. The van der Waals surface area contributed by atoms with Crippen molar-refractivity contribution in [3.05, 3.63) is 83.9 Å². The monoisotopic (exact) mass is 384 g/mol. The predicted octanol–water partition coefficient (Wildman–Crippen LogP) is 4.14. The molecule has 2 heterocycles. The van der Waals surface area contributed by atoms with Crippen LogP contribution in [0.5, 0.6) is 5.75 Å². The second-order valence-corrected chi connectivity index (χ2v) is 7.75. The summed E-state index contributed by atoms with van der Waals surface area (Å²) in [6.07, 6.45) is 0.390. The van der Waals surface area contributed by atoms with Gasteiger partial charge in [0.2, 0.25) is 0 Å². The second kappa shape index (κ2) is 7.72. The first-order valence-electron chi connectivity index (χ1n) is 10.2. The number of para-hydroxylation sites is 1. The van der Waals surface area contributed by atoms with Crippen LogP contribution < -0.4 is 9.64 Å². The molecule has 0 atom stereocenters. The molecule has 2 aliphatic heterocycles. The fourth-order valence-corrected chi connectivity index (χ4v) is 4.27. The van der Waals surface area contributed by atoms with Crippen molar-refractivity contribution in [2.45, 2.75) is 13.0 Å². The maximum Gasteiger partial charge on any atom is 0.315 e.